The molecule has 0 unspecified atom stereocenters. The molecule has 0 radical (unpaired) electrons. The normalized spacial score (nSPS) is 17.3. The molecule has 0 saturated carbocycles. The van der Waals surface area contributed by atoms with E-state index in [1.807, 2.05) is 9.62 Å². The van der Waals surface area contributed by atoms with Crippen molar-refractivity contribution in [2.24, 2.45) is 0 Å². The second-order valence-corrected chi connectivity index (χ2v) is 9.46. The number of ether oxygens (including phenoxy) is 3. The summed E-state index contributed by atoms with van der Waals surface area (Å²) >= 11 is 0. The second-order valence-electron chi connectivity index (χ2n) is 7.81. The predicted octanol–water partition coefficient (Wildman–Crippen LogP) is 4.63. The zero-order valence-electron chi connectivity index (χ0n) is 18.7. The number of alkyl halides is 6. The van der Waals surface area contributed by atoms with Gasteiger partial charge < -0.3 is 19.1 Å². The Bertz CT molecular complexity index is 1180. The first-order valence-electron chi connectivity index (χ1n) is 10.1. The van der Waals surface area contributed by atoms with Gasteiger partial charge in [-0.05, 0) is 31.7 Å². The van der Waals surface area contributed by atoms with Crippen LogP contribution in [0.4, 0.5) is 32.0 Å². The van der Waals surface area contributed by atoms with Gasteiger partial charge in [0.25, 0.3) is 10.0 Å². The van der Waals surface area contributed by atoms with Crippen molar-refractivity contribution in [2.45, 2.75) is 29.8 Å². The molecule has 0 aromatic heterocycles. The lowest BCUT2D eigenvalue weighted by atomic mass is 10.1. The van der Waals surface area contributed by atoms with Crippen LogP contribution in [0.5, 0.6) is 17.2 Å². The van der Waals surface area contributed by atoms with E-state index in [-0.39, 0.29) is 11.5 Å². The van der Waals surface area contributed by atoms with Crippen LogP contribution in [-0.4, -0.2) is 53.8 Å². The van der Waals surface area contributed by atoms with Gasteiger partial charge in [-0.15, -0.1) is 0 Å². The van der Waals surface area contributed by atoms with E-state index in [2.05, 4.69) is 0 Å². The molecule has 1 atom stereocenters. The Morgan fingerprint density at radius 2 is 1.51 bits per heavy atom. The number of hydrogen-bond donors (Lipinski definition) is 1. The smallest absolute Gasteiger partial charge is 0.419 e. The Labute approximate surface area is 197 Å². The first-order chi connectivity index (χ1) is 16.2. The van der Waals surface area contributed by atoms with Crippen LogP contribution < -0.4 is 18.9 Å². The first-order valence-corrected chi connectivity index (χ1v) is 11.6. The van der Waals surface area contributed by atoms with Gasteiger partial charge in [-0.1, -0.05) is 0 Å². The average Bonchev–Trinajstić information content (AvgIpc) is 3.15. The molecule has 1 N–H and O–H groups in total. The van der Waals surface area contributed by atoms with Gasteiger partial charge in [-0.3, -0.25) is 4.72 Å². The van der Waals surface area contributed by atoms with Gasteiger partial charge >= 0.3 is 12.4 Å². The molecule has 1 aliphatic rings. The summed E-state index contributed by atoms with van der Waals surface area (Å²) in [6.45, 7) is 0.950. The quantitative estimate of drug-likeness (QED) is 0.529. The number of methoxy groups -OCH3 is 2. The minimum atomic E-state index is -5.09. The van der Waals surface area contributed by atoms with E-state index in [0.29, 0.717) is 37.7 Å². The third kappa shape index (κ3) is 6.04. The average molecular weight is 528 g/mol. The van der Waals surface area contributed by atoms with Crippen molar-refractivity contribution in [1.82, 2.24) is 4.90 Å². The van der Waals surface area contributed by atoms with Gasteiger partial charge in [0.1, 0.15) is 16.7 Å². The predicted molar refractivity (Wildman–Crippen MR) is 113 cm³/mol. The molecule has 35 heavy (non-hydrogen) atoms. The third-order valence-electron chi connectivity index (χ3n) is 5.26. The molecule has 2 aromatic carbocycles. The summed E-state index contributed by atoms with van der Waals surface area (Å²) in [6.07, 6.45) is -10.0. The van der Waals surface area contributed by atoms with E-state index in [0.717, 1.165) is 26.4 Å². The third-order valence-corrected chi connectivity index (χ3v) is 6.68. The maximum Gasteiger partial charge on any atom is 0.419 e. The lowest BCUT2D eigenvalue weighted by Gasteiger charge is -2.20. The number of likely N-dealkylation sites (N-methyl/N-ethyl adjacent to an activating group) is 1. The SMILES string of the molecule is COc1cc(C(F)(F)F)c(S(=O)(=O)Nc2ccc(C(F)(F)F)c(O[C@H]3CCN(C)C3)c2)cc1OC. The summed E-state index contributed by atoms with van der Waals surface area (Å²) in [6, 6.07) is 3.28. The zero-order chi connectivity index (χ0) is 26.2. The summed E-state index contributed by atoms with van der Waals surface area (Å²) in [7, 11) is -0.987. The molecular weight excluding hydrogens is 506 g/mol. The van der Waals surface area contributed by atoms with Crippen molar-refractivity contribution >= 4 is 15.7 Å². The standard InChI is InChI=1S/C21H22F6N2O5S/c1-29-7-6-13(11-29)34-16-8-12(4-5-14(16)20(22,23)24)28-35(30,31)19-10-18(33-3)17(32-2)9-15(19)21(25,26)27/h4-5,8-10,13,28H,6-7,11H2,1-3H3/t13-/m0/s1. The molecule has 0 bridgehead atoms. The summed E-state index contributed by atoms with van der Waals surface area (Å²) < 4.78 is 124. The van der Waals surface area contributed by atoms with Gasteiger partial charge in [0.05, 0.1) is 31.0 Å². The number of benzene rings is 2. The lowest BCUT2D eigenvalue weighted by molar-refractivity contribution is -0.140. The summed E-state index contributed by atoms with van der Waals surface area (Å²) in [5.41, 5.74) is -3.10. The summed E-state index contributed by atoms with van der Waals surface area (Å²) in [5.74, 6) is -1.28. The molecule has 1 fully saturated rings. The number of rotatable bonds is 7. The van der Waals surface area contributed by atoms with Crippen LogP contribution in [0.1, 0.15) is 17.5 Å². The Balaban J connectivity index is 2.04. The second kappa shape index (κ2) is 9.64. The fraction of sp³-hybridized carbons (Fsp3) is 0.429. The minimum absolute atomic E-state index is 0.289. The van der Waals surface area contributed by atoms with E-state index in [1.54, 1.807) is 7.05 Å². The molecule has 1 heterocycles. The maximum absolute atomic E-state index is 13.6. The molecule has 14 heteroatoms. The molecular formula is C21H22F6N2O5S. The van der Waals surface area contributed by atoms with E-state index in [1.165, 1.54) is 0 Å². The summed E-state index contributed by atoms with van der Waals surface area (Å²) in [5, 5.41) is 0. The molecule has 1 saturated heterocycles. The fourth-order valence-electron chi connectivity index (χ4n) is 3.60. The Morgan fingerprint density at radius 1 is 0.914 bits per heavy atom. The van der Waals surface area contributed by atoms with Gasteiger partial charge in [0.15, 0.2) is 11.5 Å². The van der Waals surface area contributed by atoms with Gasteiger partial charge in [0, 0.05) is 25.2 Å². The van der Waals surface area contributed by atoms with Gasteiger partial charge in [0.2, 0.25) is 0 Å². The van der Waals surface area contributed by atoms with Crippen molar-refractivity contribution < 1.29 is 49.0 Å². The number of nitrogens with zero attached hydrogens (tertiary/aromatic N) is 1. The van der Waals surface area contributed by atoms with Crippen LogP contribution in [0.3, 0.4) is 0 Å². The highest BCUT2D eigenvalue weighted by molar-refractivity contribution is 7.92. The van der Waals surface area contributed by atoms with E-state index in [9.17, 15) is 34.8 Å². The van der Waals surface area contributed by atoms with Crippen molar-refractivity contribution in [3.63, 3.8) is 0 Å². The lowest BCUT2D eigenvalue weighted by Crippen LogP contribution is -2.23. The van der Waals surface area contributed by atoms with Crippen molar-refractivity contribution in [1.29, 1.82) is 0 Å². The van der Waals surface area contributed by atoms with Gasteiger partial charge in [-0.2, -0.15) is 26.3 Å². The van der Waals surface area contributed by atoms with E-state index >= 15 is 0 Å². The van der Waals surface area contributed by atoms with Crippen molar-refractivity contribution in [3.8, 4) is 17.2 Å². The minimum Gasteiger partial charge on any atom is -0.493 e. The number of hydrogen-bond acceptors (Lipinski definition) is 6. The zero-order valence-corrected chi connectivity index (χ0v) is 19.6. The molecule has 0 amide bonds. The molecule has 3 rings (SSSR count). The molecule has 1 aliphatic heterocycles. The maximum atomic E-state index is 13.6. The van der Waals surface area contributed by atoms with E-state index in [4.69, 9.17) is 14.2 Å². The molecule has 2 aromatic rings. The van der Waals surface area contributed by atoms with Crippen LogP contribution in [0, 0.1) is 0 Å². The fourth-order valence-corrected chi connectivity index (χ4v) is 4.88. The highest BCUT2D eigenvalue weighted by Gasteiger charge is 2.40. The van der Waals surface area contributed by atoms with Crippen molar-refractivity contribution in [2.75, 3.05) is 39.1 Å². The topological polar surface area (TPSA) is 77.1 Å². The van der Waals surface area contributed by atoms with E-state index < -0.39 is 55.9 Å². The first kappa shape index (κ1) is 26.7. The highest BCUT2D eigenvalue weighted by Crippen LogP contribution is 2.42. The van der Waals surface area contributed by atoms with Crippen molar-refractivity contribution in [3.05, 3.63) is 41.5 Å². The number of halogens is 6. The largest absolute Gasteiger partial charge is 0.493 e. The Kier molecular flexibility index (Phi) is 7.37. The molecule has 194 valence electrons. The van der Waals surface area contributed by atoms with Crippen LogP contribution in [-0.2, 0) is 22.4 Å². The molecule has 7 nitrogen and oxygen atoms in total. The van der Waals surface area contributed by atoms with Crippen LogP contribution in [0.15, 0.2) is 35.2 Å². The molecule has 0 spiro atoms. The number of sulfonamides is 1. The Hall–Kier alpha value is -2.87. The number of likely N-dealkylation sites (tertiary alicyclic amines) is 1. The molecule has 0 aliphatic carbocycles. The van der Waals surface area contributed by atoms with Crippen LogP contribution in [0.25, 0.3) is 0 Å². The number of nitrogens with one attached hydrogen (secondary N) is 1. The Morgan fingerprint density at radius 3 is 2.03 bits per heavy atom. The van der Waals surface area contributed by atoms with Crippen LogP contribution >= 0.6 is 0 Å². The summed E-state index contributed by atoms with van der Waals surface area (Å²) in [4.78, 5) is 0.655. The van der Waals surface area contributed by atoms with Gasteiger partial charge in [-0.25, -0.2) is 8.42 Å². The number of anilines is 1. The van der Waals surface area contributed by atoms with Crippen LogP contribution in [0.2, 0.25) is 0 Å². The highest BCUT2D eigenvalue weighted by atomic mass is 32.2. The monoisotopic (exact) mass is 528 g/mol.